The van der Waals surface area contributed by atoms with Gasteiger partial charge in [-0.15, -0.1) is 10.2 Å². The maximum absolute atomic E-state index is 14.0. The number of carbonyl (C=O) groups is 1. The highest BCUT2D eigenvalue weighted by Gasteiger charge is 2.31. The van der Waals surface area contributed by atoms with Crippen molar-refractivity contribution in [2.45, 2.75) is 32.4 Å². The summed E-state index contributed by atoms with van der Waals surface area (Å²) < 4.78 is 20.3. The Balaban J connectivity index is 1.47. The van der Waals surface area contributed by atoms with E-state index in [2.05, 4.69) is 48.5 Å². The molecule has 6 nitrogen and oxygen atoms in total. The van der Waals surface area contributed by atoms with Crippen molar-refractivity contribution in [1.82, 2.24) is 15.1 Å². The van der Waals surface area contributed by atoms with Crippen LogP contribution in [0.5, 0.6) is 0 Å². The lowest BCUT2D eigenvalue weighted by molar-refractivity contribution is -0.116. The van der Waals surface area contributed by atoms with Crippen LogP contribution in [0, 0.1) is 12.7 Å². The first-order valence-corrected chi connectivity index (χ1v) is 10.1. The van der Waals surface area contributed by atoms with Crippen molar-refractivity contribution in [3.63, 3.8) is 0 Å². The van der Waals surface area contributed by atoms with Crippen LogP contribution in [0.1, 0.15) is 35.4 Å². The molecule has 1 aliphatic heterocycles. The predicted molar refractivity (Wildman–Crippen MR) is 110 cm³/mol. The van der Waals surface area contributed by atoms with Crippen molar-refractivity contribution in [1.29, 1.82) is 0 Å². The molecule has 0 bridgehead atoms. The van der Waals surface area contributed by atoms with Crippen LogP contribution in [0.4, 0.5) is 10.1 Å². The number of fused-ring (bicyclic) bond motifs is 1. The van der Waals surface area contributed by atoms with Gasteiger partial charge in [-0.3, -0.25) is 9.69 Å². The SMILES string of the molecule is Cc1nnc(C2Cc3ccccc3CN2CCC(=O)Nc2ccc(Br)cc2F)o1. The van der Waals surface area contributed by atoms with Crippen LogP contribution in [0.2, 0.25) is 0 Å². The molecule has 29 heavy (non-hydrogen) atoms. The molecule has 0 aliphatic carbocycles. The number of amides is 1. The molecule has 0 fully saturated rings. The minimum atomic E-state index is -0.473. The number of aromatic nitrogens is 2. The van der Waals surface area contributed by atoms with E-state index in [0.717, 1.165) is 6.42 Å². The van der Waals surface area contributed by atoms with Crippen LogP contribution < -0.4 is 5.32 Å². The van der Waals surface area contributed by atoms with E-state index in [0.29, 0.717) is 29.3 Å². The molecule has 2 aromatic carbocycles. The second kappa shape index (κ2) is 8.42. The number of anilines is 1. The fourth-order valence-electron chi connectivity index (χ4n) is 3.55. The van der Waals surface area contributed by atoms with Crippen LogP contribution in [0.25, 0.3) is 0 Å². The first-order chi connectivity index (χ1) is 14.0. The van der Waals surface area contributed by atoms with Gasteiger partial charge in [-0.25, -0.2) is 4.39 Å². The summed E-state index contributed by atoms with van der Waals surface area (Å²) in [5, 5.41) is 10.8. The van der Waals surface area contributed by atoms with E-state index in [9.17, 15) is 9.18 Å². The predicted octanol–water partition coefficient (Wildman–Crippen LogP) is 4.41. The molecule has 1 N–H and O–H groups in total. The van der Waals surface area contributed by atoms with E-state index in [1.807, 2.05) is 12.1 Å². The molecule has 1 amide bonds. The van der Waals surface area contributed by atoms with Crippen LogP contribution in [0.15, 0.2) is 51.4 Å². The molecule has 1 aliphatic rings. The monoisotopic (exact) mass is 458 g/mol. The number of nitrogens with zero attached hydrogens (tertiary/aromatic N) is 3. The van der Waals surface area contributed by atoms with Gasteiger partial charge in [0.2, 0.25) is 17.7 Å². The Bertz CT molecular complexity index is 1040. The second-order valence-corrected chi connectivity index (χ2v) is 7.96. The molecule has 2 heterocycles. The van der Waals surface area contributed by atoms with Crippen molar-refractivity contribution in [2.75, 3.05) is 11.9 Å². The van der Waals surface area contributed by atoms with Crippen molar-refractivity contribution in [2.24, 2.45) is 0 Å². The molecular formula is C21H20BrFN4O2. The number of rotatable bonds is 5. The highest BCUT2D eigenvalue weighted by atomic mass is 79.9. The number of benzene rings is 2. The van der Waals surface area contributed by atoms with E-state index in [4.69, 9.17) is 4.42 Å². The minimum Gasteiger partial charge on any atom is -0.424 e. The summed E-state index contributed by atoms with van der Waals surface area (Å²) in [5.74, 6) is 0.350. The summed E-state index contributed by atoms with van der Waals surface area (Å²) in [6.07, 6.45) is 0.960. The van der Waals surface area contributed by atoms with Crippen LogP contribution in [-0.2, 0) is 17.8 Å². The first-order valence-electron chi connectivity index (χ1n) is 9.35. The second-order valence-electron chi connectivity index (χ2n) is 7.04. The summed E-state index contributed by atoms with van der Waals surface area (Å²) >= 11 is 3.21. The molecule has 0 spiro atoms. The average Bonchev–Trinajstić information content (AvgIpc) is 3.14. The van der Waals surface area contributed by atoms with Crippen molar-refractivity contribution in [3.05, 3.63) is 75.7 Å². The zero-order valence-electron chi connectivity index (χ0n) is 15.9. The summed E-state index contributed by atoms with van der Waals surface area (Å²) in [5.41, 5.74) is 2.64. The third-order valence-electron chi connectivity index (χ3n) is 5.00. The average molecular weight is 459 g/mol. The molecule has 3 aromatic rings. The van der Waals surface area contributed by atoms with Gasteiger partial charge in [0.15, 0.2) is 0 Å². The minimum absolute atomic E-state index is 0.0942. The highest BCUT2D eigenvalue weighted by molar-refractivity contribution is 9.10. The van der Waals surface area contributed by atoms with E-state index in [-0.39, 0.29) is 24.1 Å². The Morgan fingerprint density at radius 2 is 2.07 bits per heavy atom. The topological polar surface area (TPSA) is 71.3 Å². The lowest BCUT2D eigenvalue weighted by Gasteiger charge is -2.34. The van der Waals surface area contributed by atoms with E-state index in [1.165, 1.54) is 17.2 Å². The third-order valence-corrected chi connectivity index (χ3v) is 5.50. The Morgan fingerprint density at radius 1 is 1.28 bits per heavy atom. The number of hydrogen-bond donors (Lipinski definition) is 1. The number of aryl methyl sites for hydroxylation is 1. The molecule has 0 saturated carbocycles. The van der Waals surface area contributed by atoms with Crippen molar-refractivity contribution >= 4 is 27.5 Å². The summed E-state index contributed by atoms with van der Waals surface area (Å²) in [6, 6.07) is 12.7. The van der Waals surface area contributed by atoms with Gasteiger partial charge in [-0.05, 0) is 35.7 Å². The van der Waals surface area contributed by atoms with Gasteiger partial charge in [0, 0.05) is 30.9 Å². The maximum Gasteiger partial charge on any atom is 0.233 e. The number of halogens is 2. The quantitative estimate of drug-likeness (QED) is 0.612. The van der Waals surface area contributed by atoms with Gasteiger partial charge in [0.1, 0.15) is 5.82 Å². The summed E-state index contributed by atoms with van der Waals surface area (Å²) in [4.78, 5) is 14.6. The van der Waals surface area contributed by atoms with E-state index in [1.54, 1.807) is 19.1 Å². The first kappa shape index (κ1) is 19.7. The lowest BCUT2D eigenvalue weighted by atomic mass is 9.93. The standard InChI is InChI=1S/C21H20BrFN4O2/c1-13-25-26-21(29-13)19-10-14-4-2-3-5-15(14)12-27(19)9-8-20(28)24-18-7-6-16(22)11-17(18)23/h2-7,11,19H,8-10,12H2,1H3,(H,24,28). The zero-order valence-corrected chi connectivity index (χ0v) is 17.4. The van der Waals surface area contributed by atoms with Crippen molar-refractivity contribution in [3.8, 4) is 0 Å². The van der Waals surface area contributed by atoms with Crippen molar-refractivity contribution < 1.29 is 13.6 Å². The Hall–Kier alpha value is -2.58. The van der Waals surface area contributed by atoms with Gasteiger partial charge in [-0.1, -0.05) is 40.2 Å². The molecule has 0 saturated heterocycles. The fraction of sp³-hybridized carbons (Fsp3) is 0.286. The number of carbonyl (C=O) groups excluding carboxylic acids is 1. The van der Waals surface area contributed by atoms with Crippen LogP contribution in [-0.4, -0.2) is 27.5 Å². The molecule has 1 atom stereocenters. The molecule has 0 radical (unpaired) electrons. The Kier molecular flexibility index (Phi) is 5.73. The van der Waals surface area contributed by atoms with Gasteiger partial charge in [0.25, 0.3) is 0 Å². The fourth-order valence-corrected chi connectivity index (χ4v) is 3.88. The largest absolute Gasteiger partial charge is 0.424 e. The highest BCUT2D eigenvalue weighted by Crippen LogP contribution is 2.32. The van der Waals surface area contributed by atoms with E-state index < -0.39 is 5.82 Å². The lowest BCUT2D eigenvalue weighted by Crippen LogP contribution is -2.36. The summed E-state index contributed by atoms with van der Waals surface area (Å²) in [6.45, 7) is 2.93. The Labute approximate surface area is 176 Å². The van der Waals surface area contributed by atoms with Crippen LogP contribution in [0.3, 0.4) is 0 Å². The van der Waals surface area contributed by atoms with Crippen LogP contribution >= 0.6 is 15.9 Å². The van der Waals surface area contributed by atoms with Gasteiger partial charge in [-0.2, -0.15) is 0 Å². The smallest absolute Gasteiger partial charge is 0.233 e. The molecule has 8 heteroatoms. The number of hydrogen-bond acceptors (Lipinski definition) is 5. The third kappa shape index (κ3) is 4.54. The molecule has 150 valence electrons. The van der Waals surface area contributed by atoms with Gasteiger partial charge < -0.3 is 9.73 Å². The maximum atomic E-state index is 14.0. The summed E-state index contributed by atoms with van der Waals surface area (Å²) in [7, 11) is 0. The normalized spacial score (nSPS) is 16.4. The molecule has 1 aromatic heterocycles. The zero-order chi connectivity index (χ0) is 20.4. The van der Waals surface area contributed by atoms with E-state index >= 15 is 0 Å². The number of nitrogens with one attached hydrogen (secondary N) is 1. The molecule has 4 rings (SSSR count). The molecular weight excluding hydrogens is 439 g/mol. The van der Waals surface area contributed by atoms with Gasteiger partial charge in [0.05, 0.1) is 11.7 Å². The Morgan fingerprint density at radius 3 is 2.79 bits per heavy atom. The molecule has 1 unspecified atom stereocenters. The van der Waals surface area contributed by atoms with Gasteiger partial charge >= 0.3 is 0 Å².